The third kappa shape index (κ3) is 3.88. The van der Waals surface area contributed by atoms with E-state index < -0.39 is 0 Å². The van der Waals surface area contributed by atoms with E-state index in [0.29, 0.717) is 6.42 Å². The standard InChI is InChI=1S/C10H12INOS/c1-14-7-6-10(13)12-9-5-3-2-4-8(9)11/h2-5H,6-7H2,1H3,(H,12,13). The van der Waals surface area contributed by atoms with Crippen molar-refractivity contribution in [2.75, 3.05) is 17.3 Å². The maximum Gasteiger partial charge on any atom is 0.225 e. The molecule has 0 aliphatic rings. The highest BCUT2D eigenvalue weighted by atomic mass is 127. The molecule has 0 aromatic heterocycles. The molecule has 76 valence electrons. The zero-order valence-electron chi connectivity index (χ0n) is 7.92. The highest BCUT2D eigenvalue weighted by Gasteiger charge is 2.03. The molecule has 0 fully saturated rings. The lowest BCUT2D eigenvalue weighted by molar-refractivity contribution is -0.115. The lowest BCUT2D eigenvalue weighted by Crippen LogP contribution is -2.12. The fourth-order valence-corrected chi connectivity index (χ4v) is 1.88. The highest BCUT2D eigenvalue weighted by molar-refractivity contribution is 14.1. The van der Waals surface area contributed by atoms with Gasteiger partial charge in [-0.2, -0.15) is 11.8 Å². The van der Waals surface area contributed by atoms with Gasteiger partial charge in [0.1, 0.15) is 0 Å². The van der Waals surface area contributed by atoms with Crippen molar-refractivity contribution in [1.82, 2.24) is 0 Å². The zero-order valence-corrected chi connectivity index (χ0v) is 10.9. The molecule has 2 nitrogen and oxygen atoms in total. The van der Waals surface area contributed by atoms with Crippen molar-refractivity contribution in [3.63, 3.8) is 0 Å². The van der Waals surface area contributed by atoms with Gasteiger partial charge in [0.25, 0.3) is 0 Å². The van der Waals surface area contributed by atoms with Crippen molar-refractivity contribution in [3.05, 3.63) is 27.8 Å². The van der Waals surface area contributed by atoms with Crippen molar-refractivity contribution in [3.8, 4) is 0 Å². The number of carbonyl (C=O) groups excluding carboxylic acids is 1. The van der Waals surface area contributed by atoms with Gasteiger partial charge < -0.3 is 5.32 Å². The summed E-state index contributed by atoms with van der Waals surface area (Å²) in [5.41, 5.74) is 0.902. The minimum atomic E-state index is 0.0865. The Morgan fingerprint density at radius 2 is 2.21 bits per heavy atom. The number of nitrogens with one attached hydrogen (secondary N) is 1. The second kappa shape index (κ2) is 6.29. The second-order valence-corrected chi connectivity index (χ2v) is 4.92. The molecule has 0 bridgehead atoms. The fraction of sp³-hybridized carbons (Fsp3) is 0.300. The number of anilines is 1. The van der Waals surface area contributed by atoms with Crippen LogP contribution in [0, 0.1) is 3.57 Å². The summed E-state index contributed by atoms with van der Waals surface area (Å²) in [7, 11) is 0. The molecule has 0 radical (unpaired) electrons. The number of amides is 1. The topological polar surface area (TPSA) is 29.1 Å². The molecule has 0 spiro atoms. The van der Waals surface area contributed by atoms with Crippen LogP contribution in [0.5, 0.6) is 0 Å². The summed E-state index contributed by atoms with van der Waals surface area (Å²) in [4.78, 5) is 11.4. The summed E-state index contributed by atoms with van der Waals surface area (Å²) in [5.74, 6) is 0.957. The predicted molar refractivity (Wildman–Crippen MR) is 70.8 cm³/mol. The van der Waals surface area contributed by atoms with E-state index in [9.17, 15) is 4.79 Å². The van der Waals surface area contributed by atoms with E-state index in [1.165, 1.54) is 0 Å². The van der Waals surface area contributed by atoms with Crippen LogP contribution in [0.25, 0.3) is 0 Å². The van der Waals surface area contributed by atoms with Crippen LogP contribution in [0.4, 0.5) is 5.69 Å². The van der Waals surface area contributed by atoms with Crippen LogP contribution in [0.1, 0.15) is 6.42 Å². The van der Waals surface area contributed by atoms with Gasteiger partial charge in [0.15, 0.2) is 0 Å². The smallest absolute Gasteiger partial charge is 0.225 e. The molecule has 1 aromatic carbocycles. The van der Waals surface area contributed by atoms with Crippen LogP contribution in [0.2, 0.25) is 0 Å². The van der Waals surface area contributed by atoms with Crippen molar-refractivity contribution in [1.29, 1.82) is 0 Å². The first kappa shape index (κ1) is 11.8. The molecule has 14 heavy (non-hydrogen) atoms. The number of benzene rings is 1. The molecule has 0 aliphatic heterocycles. The Balaban J connectivity index is 2.52. The third-order valence-corrected chi connectivity index (χ3v) is 3.23. The van der Waals surface area contributed by atoms with E-state index in [1.807, 2.05) is 30.5 Å². The van der Waals surface area contributed by atoms with Crippen molar-refractivity contribution in [2.45, 2.75) is 6.42 Å². The number of para-hydroxylation sites is 1. The highest BCUT2D eigenvalue weighted by Crippen LogP contribution is 2.17. The van der Waals surface area contributed by atoms with Gasteiger partial charge in [0.2, 0.25) is 5.91 Å². The number of rotatable bonds is 4. The first-order valence-electron chi connectivity index (χ1n) is 4.27. The van der Waals surface area contributed by atoms with E-state index in [0.717, 1.165) is 15.0 Å². The molecule has 0 unspecified atom stereocenters. The van der Waals surface area contributed by atoms with Crippen molar-refractivity contribution < 1.29 is 4.79 Å². The minimum Gasteiger partial charge on any atom is -0.325 e. The van der Waals surface area contributed by atoms with Gasteiger partial charge in [0.05, 0.1) is 5.69 Å². The quantitative estimate of drug-likeness (QED) is 0.864. The van der Waals surface area contributed by atoms with E-state index in [1.54, 1.807) is 11.8 Å². The molecule has 0 saturated carbocycles. The Morgan fingerprint density at radius 3 is 2.86 bits per heavy atom. The predicted octanol–water partition coefficient (Wildman–Crippen LogP) is 2.98. The first-order valence-corrected chi connectivity index (χ1v) is 6.74. The lowest BCUT2D eigenvalue weighted by atomic mass is 10.3. The van der Waals surface area contributed by atoms with Gasteiger partial charge in [-0.05, 0) is 41.0 Å². The Morgan fingerprint density at radius 1 is 1.50 bits per heavy atom. The van der Waals surface area contributed by atoms with Gasteiger partial charge >= 0.3 is 0 Å². The van der Waals surface area contributed by atoms with Crippen LogP contribution in [0.3, 0.4) is 0 Å². The summed E-state index contributed by atoms with van der Waals surface area (Å²) in [6, 6.07) is 7.77. The van der Waals surface area contributed by atoms with Crippen molar-refractivity contribution >= 4 is 45.9 Å². The van der Waals surface area contributed by atoms with E-state index >= 15 is 0 Å². The molecule has 4 heteroatoms. The van der Waals surface area contributed by atoms with E-state index in [4.69, 9.17) is 0 Å². The largest absolute Gasteiger partial charge is 0.325 e. The van der Waals surface area contributed by atoms with Crippen LogP contribution in [0.15, 0.2) is 24.3 Å². The molecule has 1 rings (SSSR count). The molecule has 1 N–H and O–H groups in total. The normalized spacial score (nSPS) is 9.86. The van der Waals surface area contributed by atoms with Crippen LogP contribution in [-0.2, 0) is 4.79 Å². The summed E-state index contributed by atoms with van der Waals surface area (Å²) in [6.45, 7) is 0. The first-order chi connectivity index (χ1) is 6.74. The maximum atomic E-state index is 11.4. The maximum absolute atomic E-state index is 11.4. The number of hydrogen-bond donors (Lipinski definition) is 1. The summed E-state index contributed by atoms with van der Waals surface area (Å²) < 4.78 is 1.07. The average Bonchev–Trinajstić information content (AvgIpc) is 2.18. The van der Waals surface area contributed by atoms with E-state index in [2.05, 4.69) is 27.9 Å². The zero-order chi connectivity index (χ0) is 10.4. The molecular weight excluding hydrogens is 309 g/mol. The average molecular weight is 321 g/mol. The molecule has 0 heterocycles. The SMILES string of the molecule is CSCCC(=O)Nc1ccccc1I. The summed E-state index contributed by atoms with van der Waals surface area (Å²) in [5, 5.41) is 2.89. The van der Waals surface area contributed by atoms with Crippen LogP contribution >= 0.6 is 34.4 Å². The third-order valence-electron chi connectivity index (χ3n) is 1.68. The molecule has 1 aromatic rings. The summed E-state index contributed by atoms with van der Waals surface area (Å²) >= 11 is 3.89. The van der Waals surface area contributed by atoms with Crippen molar-refractivity contribution in [2.24, 2.45) is 0 Å². The van der Waals surface area contributed by atoms with Gasteiger partial charge in [-0.1, -0.05) is 12.1 Å². The monoisotopic (exact) mass is 321 g/mol. The molecular formula is C10H12INOS. The van der Waals surface area contributed by atoms with Gasteiger partial charge in [-0.3, -0.25) is 4.79 Å². The Kier molecular flexibility index (Phi) is 5.32. The second-order valence-electron chi connectivity index (χ2n) is 2.77. The molecule has 0 atom stereocenters. The minimum absolute atomic E-state index is 0.0865. The number of thioether (sulfide) groups is 1. The van der Waals surface area contributed by atoms with E-state index in [-0.39, 0.29) is 5.91 Å². The Labute approximate surface area is 102 Å². The molecule has 0 saturated heterocycles. The van der Waals surface area contributed by atoms with Gasteiger partial charge in [0, 0.05) is 15.7 Å². The fourth-order valence-electron chi connectivity index (χ4n) is 0.970. The van der Waals surface area contributed by atoms with Crippen LogP contribution < -0.4 is 5.32 Å². The Hall–Kier alpha value is -0.230. The summed E-state index contributed by atoms with van der Waals surface area (Å²) in [6.07, 6.45) is 2.58. The molecule has 0 aliphatic carbocycles. The number of halogens is 1. The Bertz CT molecular complexity index is 317. The van der Waals surface area contributed by atoms with Gasteiger partial charge in [-0.15, -0.1) is 0 Å². The number of hydrogen-bond acceptors (Lipinski definition) is 2. The lowest BCUT2D eigenvalue weighted by Gasteiger charge is -2.06. The molecule has 1 amide bonds. The van der Waals surface area contributed by atoms with Gasteiger partial charge in [-0.25, -0.2) is 0 Å². The van der Waals surface area contributed by atoms with Crippen LogP contribution in [-0.4, -0.2) is 17.9 Å². The number of carbonyl (C=O) groups is 1.